The molecule has 0 bridgehead atoms. The third-order valence-corrected chi connectivity index (χ3v) is 4.32. The van der Waals surface area contributed by atoms with Crippen LogP contribution < -0.4 is 15.4 Å². The quantitative estimate of drug-likeness (QED) is 0.606. The highest BCUT2D eigenvalue weighted by Crippen LogP contribution is 2.24. The second kappa shape index (κ2) is 9.17. The van der Waals surface area contributed by atoms with Crippen LogP contribution in [0.15, 0.2) is 47.7 Å². The van der Waals surface area contributed by atoms with Crippen molar-refractivity contribution in [3.63, 3.8) is 0 Å². The molecule has 1 heterocycles. The number of aliphatic imine (C=N–C) groups is 1. The number of rotatable bonds is 6. The molecule has 0 atom stereocenters. The Morgan fingerprint density at radius 2 is 2.15 bits per heavy atom. The molecule has 1 aliphatic rings. The van der Waals surface area contributed by atoms with E-state index in [9.17, 15) is 4.39 Å². The van der Waals surface area contributed by atoms with Crippen LogP contribution in [0.1, 0.15) is 38.2 Å². The van der Waals surface area contributed by atoms with Gasteiger partial charge in [0.1, 0.15) is 5.75 Å². The van der Waals surface area contributed by atoms with Crippen LogP contribution in [0.25, 0.3) is 0 Å². The van der Waals surface area contributed by atoms with E-state index in [-0.39, 0.29) is 5.75 Å². The fraction of sp³-hybridized carbons (Fsp3) is 0.400. The molecule has 0 saturated heterocycles. The van der Waals surface area contributed by atoms with Crippen molar-refractivity contribution in [2.45, 2.75) is 45.2 Å². The number of pyridine rings is 1. The van der Waals surface area contributed by atoms with Gasteiger partial charge in [0.15, 0.2) is 17.5 Å². The van der Waals surface area contributed by atoms with Crippen LogP contribution in [-0.4, -0.2) is 23.5 Å². The van der Waals surface area contributed by atoms with E-state index in [1.165, 1.54) is 31.7 Å². The molecule has 26 heavy (non-hydrogen) atoms. The first-order chi connectivity index (χ1) is 12.7. The number of nitrogens with one attached hydrogen (secondary N) is 2. The summed E-state index contributed by atoms with van der Waals surface area (Å²) in [7, 11) is 0. The summed E-state index contributed by atoms with van der Waals surface area (Å²) in [5.74, 6) is 1.07. The minimum Gasteiger partial charge on any atom is -0.453 e. The molecular weight excluding hydrogens is 331 g/mol. The van der Waals surface area contributed by atoms with E-state index in [2.05, 4.69) is 20.6 Å². The van der Waals surface area contributed by atoms with Gasteiger partial charge in [-0.15, -0.1) is 0 Å². The number of hydrogen-bond acceptors (Lipinski definition) is 3. The van der Waals surface area contributed by atoms with Crippen LogP contribution in [0.2, 0.25) is 0 Å². The van der Waals surface area contributed by atoms with Crippen molar-refractivity contribution in [1.29, 1.82) is 0 Å². The molecule has 2 N–H and O–H groups in total. The van der Waals surface area contributed by atoms with Crippen LogP contribution in [0.3, 0.4) is 0 Å². The standard InChI is InChI=1S/C20H25FN4O/c1-2-23-20(25-16-6-3-4-7-16)24-13-15-9-10-19(18(21)12-15)26-17-8-5-11-22-14-17/h5,8-12,14,16H,2-4,6-7,13H2,1H3,(H2,23,24,25). The van der Waals surface area contributed by atoms with Crippen LogP contribution >= 0.6 is 0 Å². The molecule has 0 amide bonds. The largest absolute Gasteiger partial charge is 0.453 e. The Hall–Kier alpha value is -2.63. The Bertz CT molecular complexity index is 730. The summed E-state index contributed by atoms with van der Waals surface area (Å²) in [5.41, 5.74) is 0.796. The van der Waals surface area contributed by atoms with Crippen molar-refractivity contribution >= 4 is 5.96 Å². The van der Waals surface area contributed by atoms with Gasteiger partial charge in [-0.3, -0.25) is 4.98 Å². The van der Waals surface area contributed by atoms with Gasteiger partial charge in [0.05, 0.1) is 12.7 Å². The highest BCUT2D eigenvalue weighted by atomic mass is 19.1. The number of hydrogen-bond donors (Lipinski definition) is 2. The average molecular weight is 356 g/mol. The summed E-state index contributed by atoms with van der Waals surface area (Å²) in [5, 5.41) is 6.71. The summed E-state index contributed by atoms with van der Waals surface area (Å²) in [6.45, 7) is 3.24. The molecule has 0 spiro atoms. The van der Waals surface area contributed by atoms with Crippen molar-refractivity contribution < 1.29 is 9.13 Å². The van der Waals surface area contributed by atoms with Gasteiger partial charge in [-0.1, -0.05) is 18.9 Å². The predicted molar refractivity (Wildman–Crippen MR) is 101 cm³/mol. The van der Waals surface area contributed by atoms with E-state index >= 15 is 0 Å². The third-order valence-electron chi connectivity index (χ3n) is 4.32. The summed E-state index contributed by atoms with van der Waals surface area (Å²) in [4.78, 5) is 8.54. The molecule has 1 aliphatic carbocycles. The minimum atomic E-state index is -0.407. The fourth-order valence-electron chi connectivity index (χ4n) is 3.01. The molecule has 0 unspecified atom stereocenters. The number of halogens is 1. The van der Waals surface area contributed by atoms with Crippen molar-refractivity contribution in [3.8, 4) is 11.5 Å². The Balaban J connectivity index is 1.63. The van der Waals surface area contributed by atoms with Crippen LogP contribution in [0, 0.1) is 5.82 Å². The van der Waals surface area contributed by atoms with Gasteiger partial charge < -0.3 is 15.4 Å². The zero-order chi connectivity index (χ0) is 18.2. The first-order valence-electron chi connectivity index (χ1n) is 9.15. The second-order valence-electron chi connectivity index (χ2n) is 6.38. The normalized spacial score (nSPS) is 15.1. The third kappa shape index (κ3) is 5.18. The molecule has 138 valence electrons. The number of guanidine groups is 1. The van der Waals surface area contributed by atoms with E-state index in [1.54, 1.807) is 30.6 Å². The van der Waals surface area contributed by atoms with E-state index < -0.39 is 5.82 Å². The highest BCUT2D eigenvalue weighted by Gasteiger charge is 2.15. The van der Waals surface area contributed by atoms with E-state index in [4.69, 9.17) is 4.74 Å². The maximum absolute atomic E-state index is 14.3. The van der Waals surface area contributed by atoms with Crippen LogP contribution in [-0.2, 0) is 6.54 Å². The van der Waals surface area contributed by atoms with Gasteiger partial charge in [0.2, 0.25) is 0 Å². The molecule has 6 heteroatoms. The lowest BCUT2D eigenvalue weighted by molar-refractivity contribution is 0.440. The van der Waals surface area contributed by atoms with Gasteiger partial charge >= 0.3 is 0 Å². The van der Waals surface area contributed by atoms with E-state index in [0.29, 0.717) is 18.3 Å². The Morgan fingerprint density at radius 1 is 1.31 bits per heavy atom. The maximum Gasteiger partial charge on any atom is 0.191 e. The highest BCUT2D eigenvalue weighted by molar-refractivity contribution is 5.80. The molecule has 0 radical (unpaired) electrons. The number of aromatic nitrogens is 1. The summed E-state index contributed by atoms with van der Waals surface area (Å²) in [6.07, 6.45) is 8.08. The Morgan fingerprint density at radius 3 is 2.85 bits per heavy atom. The minimum absolute atomic E-state index is 0.182. The first kappa shape index (κ1) is 18.2. The lowest BCUT2D eigenvalue weighted by atomic mass is 10.2. The average Bonchev–Trinajstić information content (AvgIpc) is 3.16. The second-order valence-corrected chi connectivity index (χ2v) is 6.38. The monoisotopic (exact) mass is 356 g/mol. The molecule has 1 aromatic heterocycles. The maximum atomic E-state index is 14.3. The Labute approximate surface area is 153 Å². The summed E-state index contributed by atoms with van der Waals surface area (Å²) in [6, 6.07) is 8.90. The SMILES string of the molecule is CCNC(=NCc1ccc(Oc2cccnc2)c(F)c1)NC1CCCC1. The predicted octanol–water partition coefficient (Wildman–Crippen LogP) is 4.01. The molecule has 1 fully saturated rings. The first-order valence-corrected chi connectivity index (χ1v) is 9.15. The molecule has 1 aromatic carbocycles. The van der Waals surface area contributed by atoms with Gasteiger partial charge in [-0.25, -0.2) is 9.38 Å². The number of benzene rings is 1. The summed E-state index contributed by atoms with van der Waals surface area (Å²) >= 11 is 0. The zero-order valence-electron chi connectivity index (χ0n) is 15.0. The fourth-order valence-corrected chi connectivity index (χ4v) is 3.01. The van der Waals surface area contributed by atoms with Gasteiger partial charge in [0.25, 0.3) is 0 Å². The zero-order valence-corrected chi connectivity index (χ0v) is 15.0. The van der Waals surface area contributed by atoms with Crippen molar-refractivity contribution in [3.05, 3.63) is 54.1 Å². The van der Waals surface area contributed by atoms with Gasteiger partial charge in [-0.05, 0) is 49.6 Å². The van der Waals surface area contributed by atoms with Crippen molar-refractivity contribution in [2.24, 2.45) is 4.99 Å². The van der Waals surface area contributed by atoms with Gasteiger partial charge in [-0.2, -0.15) is 0 Å². The van der Waals surface area contributed by atoms with Gasteiger partial charge in [0, 0.05) is 18.8 Å². The van der Waals surface area contributed by atoms with Crippen LogP contribution in [0.4, 0.5) is 4.39 Å². The smallest absolute Gasteiger partial charge is 0.191 e. The molecule has 5 nitrogen and oxygen atoms in total. The van der Waals surface area contributed by atoms with E-state index in [0.717, 1.165) is 18.1 Å². The molecule has 2 aromatic rings. The molecule has 1 saturated carbocycles. The van der Waals surface area contributed by atoms with E-state index in [1.807, 2.05) is 13.0 Å². The number of ether oxygens (including phenoxy) is 1. The summed E-state index contributed by atoms with van der Waals surface area (Å²) < 4.78 is 19.8. The Kier molecular flexibility index (Phi) is 6.41. The lowest BCUT2D eigenvalue weighted by Crippen LogP contribution is -2.42. The lowest BCUT2D eigenvalue weighted by Gasteiger charge is -2.16. The van der Waals surface area contributed by atoms with Crippen molar-refractivity contribution in [1.82, 2.24) is 15.6 Å². The topological polar surface area (TPSA) is 58.5 Å². The van der Waals surface area contributed by atoms with Crippen molar-refractivity contribution in [2.75, 3.05) is 6.54 Å². The van der Waals surface area contributed by atoms with Crippen LogP contribution in [0.5, 0.6) is 11.5 Å². The number of nitrogens with zero attached hydrogens (tertiary/aromatic N) is 2. The molecule has 0 aliphatic heterocycles. The molecular formula is C20H25FN4O. The molecule has 3 rings (SSSR count).